The number of alkyl carbamates (subject to hydrolysis) is 1. The molecule has 0 bridgehead atoms. The van der Waals surface area contributed by atoms with Crippen LogP contribution in [-0.2, 0) is 26.0 Å². The van der Waals surface area contributed by atoms with E-state index >= 15 is 0 Å². The van der Waals surface area contributed by atoms with Crippen LogP contribution in [0.1, 0.15) is 18.4 Å². The normalized spacial score (nSPS) is 13.0. The van der Waals surface area contributed by atoms with E-state index in [1.54, 1.807) is 30.3 Å². The predicted molar refractivity (Wildman–Crippen MR) is 85.1 cm³/mol. The first-order valence-corrected chi connectivity index (χ1v) is 9.28. The van der Waals surface area contributed by atoms with Crippen molar-refractivity contribution < 1.29 is 41.0 Å². The second-order valence-corrected chi connectivity index (χ2v) is 7.66. The molecule has 1 rings (SSSR count). The molecule has 0 radical (unpaired) electrons. The highest BCUT2D eigenvalue weighted by Crippen LogP contribution is 2.21. The number of hydrogen-bond acceptors (Lipinski definition) is 5. The SMILES string of the molecule is O=C(N[C@H](CS(=O)(=O)CCCC(F)(F)F)C(=O)O)OCc1ccccc1. The summed E-state index contributed by atoms with van der Waals surface area (Å²) >= 11 is 0. The highest BCUT2D eigenvalue weighted by molar-refractivity contribution is 7.91. The number of amides is 1. The molecule has 0 aliphatic heterocycles. The molecule has 0 heterocycles. The molecule has 0 spiro atoms. The van der Waals surface area contributed by atoms with E-state index in [2.05, 4.69) is 0 Å². The number of benzene rings is 1. The Morgan fingerprint density at radius 3 is 2.35 bits per heavy atom. The second-order valence-electron chi connectivity index (χ2n) is 5.43. The van der Waals surface area contributed by atoms with Crippen LogP contribution >= 0.6 is 0 Å². The quantitative estimate of drug-likeness (QED) is 0.661. The Morgan fingerprint density at radius 2 is 1.81 bits per heavy atom. The number of aliphatic carboxylic acids is 1. The van der Waals surface area contributed by atoms with E-state index in [1.165, 1.54) is 0 Å². The number of alkyl halides is 3. The first-order valence-electron chi connectivity index (χ1n) is 7.46. The number of carboxylic acids is 1. The highest BCUT2D eigenvalue weighted by Gasteiger charge is 2.30. The lowest BCUT2D eigenvalue weighted by atomic mass is 10.2. The fourth-order valence-electron chi connectivity index (χ4n) is 1.91. The number of nitrogens with one attached hydrogen (secondary N) is 1. The van der Waals surface area contributed by atoms with Gasteiger partial charge in [0.2, 0.25) is 0 Å². The summed E-state index contributed by atoms with van der Waals surface area (Å²) in [6.07, 6.45) is -7.62. The van der Waals surface area contributed by atoms with Crippen molar-refractivity contribution in [1.82, 2.24) is 5.32 Å². The predicted octanol–water partition coefficient (Wildman–Crippen LogP) is 2.12. The average molecular weight is 397 g/mol. The van der Waals surface area contributed by atoms with Crippen molar-refractivity contribution in [1.29, 1.82) is 0 Å². The fraction of sp³-hybridized carbons (Fsp3) is 0.467. The van der Waals surface area contributed by atoms with Gasteiger partial charge in [-0.25, -0.2) is 18.0 Å². The maximum absolute atomic E-state index is 12.1. The van der Waals surface area contributed by atoms with E-state index in [0.717, 1.165) is 0 Å². The van der Waals surface area contributed by atoms with Gasteiger partial charge in [-0.1, -0.05) is 30.3 Å². The zero-order valence-electron chi connectivity index (χ0n) is 13.5. The molecular weight excluding hydrogens is 379 g/mol. The Labute approximate surface area is 148 Å². The molecule has 1 amide bonds. The van der Waals surface area contributed by atoms with Crippen molar-refractivity contribution in [2.24, 2.45) is 0 Å². The Hall–Kier alpha value is -2.30. The van der Waals surface area contributed by atoms with E-state index < -0.39 is 58.5 Å². The van der Waals surface area contributed by atoms with Gasteiger partial charge in [-0.15, -0.1) is 0 Å². The van der Waals surface area contributed by atoms with Crippen molar-refractivity contribution in [2.45, 2.75) is 31.7 Å². The summed E-state index contributed by atoms with van der Waals surface area (Å²) in [5.74, 6) is -3.50. The second kappa shape index (κ2) is 9.41. The summed E-state index contributed by atoms with van der Waals surface area (Å²) in [7, 11) is -4.11. The molecule has 2 N–H and O–H groups in total. The van der Waals surface area contributed by atoms with Gasteiger partial charge in [-0.3, -0.25) is 0 Å². The molecule has 11 heteroatoms. The van der Waals surface area contributed by atoms with E-state index in [1.807, 2.05) is 5.32 Å². The smallest absolute Gasteiger partial charge is 0.408 e. The van der Waals surface area contributed by atoms with Crippen LogP contribution in [0.4, 0.5) is 18.0 Å². The van der Waals surface area contributed by atoms with Crippen molar-refractivity contribution in [2.75, 3.05) is 11.5 Å². The molecule has 146 valence electrons. The van der Waals surface area contributed by atoms with Gasteiger partial charge in [0.05, 0.1) is 11.5 Å². The third kappa shape index (κ3) is 9.25. The van der Waals surface area contributed by atoms with Gasteiger partial charge >= 0.3 is 18.2 Å². The number of carboxylic acid groups (broad SMARTS) is 1. The van der Waals surface area contributed by atoms with Gasteiger partial charge in [0, 0.05) is 6.42 Å². The lowest BCUT2D eigenvalue weighted by Crippen LogP contribution is -2.45. The van der Waals surface area contributed by atoms with E-state index in [4.69, 9.17) is 9.84 Å². The Balaban J connectivity index is 2.54. The molecule has 0 aliphatic rings. The maximum Gasteiger partial charge on any atom is 0.408 e. The number of halogens is 3. The number of carbonyl (C=O) groups is 2. The molecule has 1 aromatic carbocycles. The minimum atomic E-state index is -4.50. The minimum Gasteiger partial charge on any atom is -0.480 e. The van der Waals surface area contributed by atoms with Gasteiger partial charge in [0.25, 0.3) is 0 Å². The third-order valence-electron chi connectivity index (χ3n) is 3.14. The molecule has 1 aromatic rings. The van der Waals surface area contributed by atoms with E-state index in [9.17, 15) is 31.2 Å². The Morgan fingerprint density at radius 1 is 1.19 bits per heavy atom. The average Bonchev–Trinajstić information content (AvgIpc) is 2.51. The number of ether oxygens (including phenoxy) is 1. The van der Waals surface area contributed by atoms with Gasteiger partial charge in [0.1, 0.15) is 12.6 Å². The zero-order chi connectivity index (χ0) is 19.8. The lowest BCUT2D eigenvalue weighted by molar-refractivity contribution is -0.139. The summed E-state index contributed by atoms with van der Waals surface area (Å²) in [6.45, 7) is -0.155. The van der Waals surface area contributed by atoms with E-state index in [-0.39, 0.29) is 6.61 Å². The molecule has 0 aromatic heterocycles. The van der Waals surface area contributed by atoms with Gasteiger partial charge in [-0.05, 0) is 12.0 Å². The first-order chi connectivity index (χ1) is 12.0. The van der Waals surface area contributed by atoms with Gasteiger partial charge in [0.15, 0.2) is 9.84 Å². The lowest BCUT2D eigenvalue weighted by Gasteiger charge is -2.15. The zero-order valence-corrected chi connectivity index (χ0v) is 14.3. The standard InChI is InChI=1S/C15H18F3NO6S/c16-15(17,18)7-4-8-26(23,24)10-12(13(20)21)19-14(22)25-9-11-5-2-1-3-6-11/h1-3,5-6,12H,4,7-10H2,(H,19,22)(H,20,21)/t12-/m1/s1. The molecule has 0 unspecified atom stereocenters. The summed E-state index contributed by atoms with van der Waals surface area (Å²) in [6, 6.07) is 6.64. The maximum atomic E-state index is 12.1. The van der Waals surface area contributed by atoms with Gasteiger partial charge < -0.3 is 15.2 Å². The molecule has 1 atom stereocenters. The Kier molecular flexibility index (Phi) is 7.87. The van der Waals surface area contributed by atoms with Gasteiger partial charge in [-0.2, -0.15) is 13.2 Å². The number of sulfone groups is 1. The summed E-state index contributed by atoms with van der Waals surface area (Å²) in [5.41, 5.74) is 0.634. The molecule has 7 nitrogen and oxygen atoms in total. The van der Waals surface area contributed by atoms with Crippen LogP contribution in [0.15, 0.2) is 30.3 Å². The van der Waals surface area contributed by atoms with Crippen LogP contribution in [0, 0.1) is 0 Å². The van der Waals surface area contributed by atoms with Crippen LogP contribution in [0.5, 0.6) is 0 Å². The largest absolute Gasteiger partial charge is 0.480 e. The van der Waals surface area contributed by atoms with Crippen molar-refractivity contribution >= 4 is 21.9 Å². The number of rotatable bonds is 9. The van der Waals surface area contributed by atoms with E-state index in [0.29, 0.717) is 5.56 Å². The number of carbonyl (C=O) groups excluding carboxylic acids is 1. The Bertz CT molecular complexity index is 706. The summed E-state index contributed by atoms with van der Waals surface area (Å²) in [4.78, 5) is 22.7. The minimum absolute atomic E-state index is 0.155. The van der Waals surface area contributed by atoms with Crippen LogP contribution in [0.2, 0.25) is 0 Å². The highest BCUT2D eigenvalue weighted by atomic mass is 32.2. The topological polar surface area (TPSA) is 110 Å². The van der Waals surface area contributed by atoms with Crippen molar-refractivity contribution in [3.63, 3.8) is 0 Å². The molecule has 26 heavy (non-hydrogen) atoms. The third-order valence-corrected chi connectivity index (χ3v) is 4.89. The van der Waals surface area contributed by atoms with Crippen molar-refractivity contribution in [3.05, 3.63) is 35.9 Å². The fourth-order valence-corrected chi connectivity index (χ4v) is 3.40. The summed E-state index contributed by atoms with van der Waals surface area (Å²) in [5, 5.41) is 10.9. The molecule has 0 saturated carbocycles. The molecule has 0 saturated heterocycles. The summed E-state index contributed by atoms with van der Waals surface area (Å²) < 4.78 is 64.5. The van der Waals surface area contributed by atoms with Crippen molar-refractivity contribution in [3.8, 4) is 0 Å². The molecule has 0 fully saturated rings. The monoisotopic (exact) mass is 397 g/mol. The van der Waals surface area contributed by atoms with Crippen LogP contribution in [0.25, 0.3) is 0 Å². The van der Waals surface area contributed by atoms with Crippen LogP contribution in [0.3, 0.4) is 0 Å². The first kappa shape index (κ1) is 21.7. The van der Waals surface area contributed by atoms with Crippen LogP contribution < -0.4 is 5.32 Å². The molecular formula is C15H18F3NO6S. The molecule has 0 aliphatic carbocycles. The van der Waals surface area contributed by atoms with Crippen LogP contribution in [-0.4, -0.2) is 49.3 Å². The number of hydrogen-bond donors (Lipinski definition) is 2.